The van der Waals surface area contributed by atoms with E-state index >= 15 is 0 Å². The largest absolute Gasteiger partial charge is 1.00 e. The first-order valence-electron chi connectivity index (χ1n) is 28.4. The molecule has 83 heavy (non-hydrogen) atoms. The minimum Gasteiger partial charge on any atom is -0.726 e. The van der Waals surface area contributed by atoms with E-state index in [9.17, 15) is 68.5 Å². The van der Waals surface area contributed by atoms with Gasteiger partial charge in [0.25, 0.3) is 0 Å². The Morgan fingerprint density at radius 2 is 1.41 bits per heavy atom. The van der Waals surface area contributed by atoms with Gasteiger partial charge in [0.15, 0.2) is 25.2 Å². The smallest absolute Gasteiger partial charge is 0.726 e. The molecule has 0 aromatic rings. The molecule has 0 radical (unpaired) electrons. The standard InChI is InChI=1S/C55H86O26S.Na/c1-23(2)12-11-15-54(9)45-29(74-25(4)57)19-53(8)34-26(13-17-55(45,53)50(66)80-54)52(7)16-14-33(51(5,6)32(52)18-27(34)58)76-49-44(36(61)31(22-72-49)81-82(67,68)69)79-47-38(63)37(62)41(24(3)73-47)77-46-39(64)42(28(59)21-71-46)78-48-40(65)43(70-10)35(60)30(20-56)75-48;/h12,24,26,28-33,35-49,56,58-65H,11,13-22H2,1-10H3,(H,67,68,69);/q;+1/p-1/t24-,26+,28-,29+,30-,31-,32+,33+,35-,36+,37-,38-,39-,40-,41-,42+,43+,44-,45-,46+,47+,48+,49+,52-,53+,54+,55-;/m1./s1. The molecule has 0 aromatic carbocycles. The van der Waals surface area contributed by atoms with Crippen molar-refractivity contribution >= 4 is 22.3 Å². The maximum atomic E-state index is 14.7. The molecule has 9 rings (SSSR count). The van der Waals surface area contributed by atoms with Crippen molar-refractivity contribution in [1.82, 2.24) is 0 Å². The van der Waals surface area contributed by atoms with Gasteiger partial charge < -0.3 is 103 Å². The zero-order valence-electron chi connectivity index (χ0n) is 49.0. The monoisotopic (exact) mass is 1220 g/mol. The molecule has 3 saturated carbocycles. The molecule has 468 valence electrons. The van der Waals surface area contributed by atoms with Crippen molar-refractivity contribution in [3.8, 4) is 0 Å². The van der Waals surface area contributed by atoms with E-state index < -0.39 is 192 Å². The molecule has 1 spiro atoms. The maximum absolute atomic E-state index is 14.7. The molecule has 8 fully saturated rings. The van der Waals surface area contributed by atoms with E-state index in [0.29, 0.717) is 44.9 Å². The Bertz CT molecular complexity index is 2520. The van der Waals surface area contributed by atoms with Crippen LogP contribution in [0.4, 0.5) is 0 Å². The minimum absolute atomic E-state index is 0. The van der Waals surface area contributed by atoms with Gasteiger partial charge in [0.05, 0.1) is 49.1 Å². The fraction of sp³-hybridized carbons (Fsp3) is 0.891. The van der Waals surface area contributed by atoms with Gasteiger partial charge >= 0.3 is 41.5 Å². The summed E-state index contributed by atoms with van der Waals surface area (Å²) in [5.74, 6) is -1.64. The summed E-state index contributed by atoms with van der Waals surface area (Å²) in [5, 5.41) is 101. The van der Waals surface area contributed by atoms with Gasteiger partial charge in [0, 0.05) is 25.9 Å². The Labute approximate surface area is 505 Å². The third-order valence-corrected chi connectivity index (χ3v) is 20.7. The van der Waals surface area contributed by atoms with Crippen LogP contribution >= 0.6 is 0 Å². The number of cyclic esters (lactones) is 1. The minimum atomic E-state index is -5.44. The van der Waals surface area contributed by atoms with Crippen LogP contribution < -0.4 is 29.6 Å². The van der Waals surface area contributed by atoms with Gasteiger partial charge in [-0.1, -0.05) is 39.3 Å². The van der Waals surface area contributed by atoms with E-state index in [0.717, 1.165) is 11.1 Å². The van der Waals surface area contributed by atoms with Crippen molar-refractivity contribution in [2.75, 3.05) is 26.9 Å². The predicted molar refractivity (Wildman–Crippen MR) is 275 cm³/mol. The van der Waals surface area contributed by atoms with E-state index in [-0.39, 0.29) is 59.5 Å². The molecule has 5 saturated heterocycles. The summed E-state index contributed by atoms with van der Waals surface area (Å²) in [4.78, 5) is 27.5. The molecule has 5 heterocycles. The van der Waals surface area contributed by atoms with Crippen LogP contribution in [0.25, 0.3) is 0 Å². The molecule has 27 atom stereocenters. The van der Waals surface area contributed by atoms with Gasteiger partial charge in [0.2, 0.25) is 10.4 Å². The Balaban J connectivity index is 0.00000900. The number of esters is 2. The number of carbonyl (C=O) groups excluding carboxylic acids is 2. The van der Waals surface area contributed by atoms with Gasteiger partial charge in [-0.15, -0.1) is 0 Å². The summed E-state index contributed by atoms with van der Waals surface area (Å²) in [6, 6.07) is 0. The fourth-order valence-corrected chi connectivity index (χ4v) is 16.8. The summed E-state index contributed by atoms with van der Waals surface area (Å²) in [7, 11) is -4.24. The van der Waals surface area contributed by atoms with Gasteiger partial charge in [-0.2, -0.15) is 0 Å². The average molecular weight is 1220 g/mol. The number of hydrogen-bond acceptors (Lipinski definition) is 26. The van der Waals surface area contributed by atoms with Gasteiger partial charge in [-0.3, -0.25) is 13.8 Å². The first kappa shape index (κ1) is 67.3. The molecule has 9 N–H and O–H groups in total. The van der Waals surface area contributed by atoms with Crippen molar-refractivity contribution in [1.29, 1.82) is 0 Å². The second-order valence-corrected chi connectivity index (χ2v) is 26.8. The third-order valence-electron chi connectivity index (χ3n) is 20.2. The Morgan fingerprint density at radius 1 is 0.771 bits per heavy atom. The van der Waals surface area contributed by atoms with E-state index in [4.69, 9.17) is 52.1 Å². The van der Waals surface area contributed by atoms with E-state index in [1.807, 2.05) is 41.5 Å². The van der Waals surface area contributed by atoms with Crippen LogP contribution in [-0.4, -0.2) is 226 Å². The molecule has 0 unspecified atom stereocenters. The zero-order valence-corrected chi connectivity index (χ0v) is 51.8. The van der Waals surface area contributed by atoms with Crippen LogP contribution in [0.3, 0.4) is 0 Å². The molecule has 5 aliphatic heterocycles. The number of hydrogen-bond donors (Lipinski definition) is 9. The predicted octanol–water partition coefficient (Wildman–Crippen LogP) is -2.83. The number of aliphatic hydroxyl groups is 9. The van der Waals surface area contributed by atoms with Crippen molar-refractivity contribution in [2.45, 2.75) is 242 Å². The zero-order chi connectivity index (χ0) is 60.1. The molecule has 26 nitrogen and oxygen atoms in total. The molecule has 9 aliphatic rings. The fourth-order valence-electron chi connectivity index (χ4n) is 16.3. The average Bonchev–Trinajstić information content (AvgIpc) is 1.73. The molecule has 4 aliphatic carbocycles. The summed E-state index contributed by atoms with van der Waals surface area (Å²) in [5.41, 5.74) is -2.34. The van der Waals surface area contributed by atoms with Crippen LogP contribution in [0.2, 0.25) is 0 Å². The normalized spacial score (nSPS) is 48.6. The maximum Gasteiger partial charge on any atom is 1.00 e. The number of ether oxygens (including phenoxy) is 11. The summed E-state index contributed by atoms with van der Waals surface area (Å²) < 4.78 is 106. The third kappa shape index (κ3) is 11.9. The molecular formula is C55H85NaO26S. The quantitative estimate of drug-likeness (QED) is 0.0247. The van der Waals surface area contributed by atoms with Crippen LogP contribution in [0.15, 0.2) is 23.0 Å². The number of aliphatic hydroxyl groups excluding tert-OH is 9. The van der Waals surface area contributed by atoms with Gasteiger partial charge in [-0.25, -0.2) is 8.42 Å². The summed E-state index contributed by atoms with van der Waals surface area (Å²) >= 11 is 0. The van der Waals surface area contributed by atoms with Crippen LogP contribution in [-0.2, 0) is 76.3 Å². The number of rotatable bonds is 16. The first-order chi connectivity index (χ1) is 38.3. The summed E-state index contributed by atoms with van der Waals surface area (Å²) in [6.07, 6.45) is -25.4. The molecular weight excluding hydrogens is 1130 g/mol. The van der Waals surface area contributed by atoms with Crippen molar-refractivity contribution in [3.05, 3.63) is 23.0 Å². The number of allylic oxidation sites excluding steroid dienone is 4. The first-order valence-corrected chi connectivity index (χ1v) is 29.8. The van der Waals surface area contributed by atoms with Crippen LogP contribution in [0.5, 0.6) is 0 Å². The van der Waals surface area contributed by atoms with E-state index in [1.54, 1.807) is 0 Å². The van der Waals surface area contributed by atoms with E-state index in [1.165, 1.54) is 21.0 Å². The number of fused-ring (bicyclic) bond motifs is 4. The number of methoxy groups -OCH3 is 1. The second-order valence-electron chi connectivity index (χ2n) is 25.7. The molecule has 0 aromatic heterocycles. The van der Waals surface area contributed by atoms with Crippen LogP contribution in [0.1, 0.15) is 114 Å². The Kier molecular flexibility index (Phi) is 20.3. The van der Waals surface area contributed by atoms with Crippen molar-refractivity contribution < 1.29 is 154 Å². The summed E-state index contributed by atoms with van der Waals surface area (Å²) in [6.45, 7) is 15.0. The van der Waals surface area contributed by atoms with Crippen molar-refractivity contribution in [2.24, 2.45) is 39.4 Å². The molecule has 28 heteroatoms. The second kappa shape index (κ2) is 25.0. The number of carbonyl (C=O) groups is 2. The Morgan fingerprint density at radius 3 is 2.05 bits per heavy atom. The van der Waals surface area contributed by atoms with Gasteiger partial charge in [-0.05, 0) is 101 Å². The molecule has 0 amide bonds. The van der Waals surface area contributed by atoms with Crippen LogP contribution in [0, 0.1) is 39.4 Å². The van der Waals surface area contributed by atoms with Crippen molar-refractivity contribution in [3.63, 3.8) is 0 Å². The Hall–Kier alpha value is -1.59. The van der Waals surface area contributed by atoms with Gasteiger partial charge in [0.1, 0.15) is 91.1 Å². The van der Waals surface area contributed by atoms with E-state index in [2.05, 4.69) is 17.2 Å². The SMILES string of the molecule is CO[C@@H]1[C@@H](O)[C@H](O[C@@H]2[C@@H](O)[C@H](O[C@H]3[C@H](O)[C@@H](O)[C@H](O[C@H]4[C@H](O[C@H]5CC[C@]6(C)[C@H]7CC[C@]89C(=O)O[C@@](C)(CCC=C(C)C)[C@H]8[C@@H](OC(C)=O)C[C@@]9(C)C7=C(O)C[C@H]6C5(C)C)OC[C@@H](OS(=O)(=O)[O-])[C@@H]4O)O[C@@H]3C)OC[C@H]2O)O[C@H](CO)[C@H]1O.[Na+]. The topological polar surface area (TPSA) is 384 Å². The molecule has 0 bridgehead atoms.